The highest BCUT2D eigenvalue weighted by Gasteiger charge is 2.60. The van der Waals surface area contributed by atoms with Gasteiger partial charge in [-0.15, -0.1) is 0 Å². The van der Waals surface area contributed by atoms with Crippen molar-refractivity contribution in [2.45, 2.75) is 90.5 Å². The normalized spacial score (nSPS) is 20.9. The molecule has 5 aromatic rings. The Kier molecular flexibility index (Phi) is 9.90. The summed E-state index contributed by atoms with van der Waals surface area (Å²) in [5, 5.41) is 24.4. The quantitative estimate of drug-likeness (QED) is 0.140. The van der Waals surface area contributed by atoms with Crippen LogP contribution in [0.3, 0.4) is 0 Å². The van der Waals surface area contributed by atoms with Gasteiger partial charge in [0, 0.05) is 39.7 Å². The van der Waals surface area contributed by atoms with E-state index in [1.54, 1.807) is 6.07 Å². The van der Waals surface area contributed by atoms with Crippen LogP contribution in [0.25, 0.3) is 16.8 Å². The molecule has 0 aromatic heterocycles. The summed E-state index contributed by atoms with van der Waals surface area (Å²) in [4.78, 5) is 20.6. The van der Waals surface area contributed by atoms with Gasteiger partial charge in [0.1, 0.15) is 22.9 Å². The number of rotatable bonds is 4. The summed E-state index contributed by atoms with van der Waals surface area (Å²) in [5.41, 5.74) is 8.19. The van der Waals surface area contributed by atoms with Crippen molar-refractivity contribution in [1.29, 1.82) is 0 Å². The summed E-state index contributed by atoms with van der Waals surface area (Å²) >= 11 is 7.21. The number of phenols is 1. The zero-order chi connectivity index (χ0) is 43.4. The van der Waals surface area contributed by atoms with Gasteiger partial charge in [0.2, 0.25) is 17.2 Å². The fraction of sp³-hybridized carbons (Fsp3) is 0.354. The molecule has 4 aliphatic heterocycles. The average Bonchev–Trinajstić information content (AvgIpc) is 3.46. The molecule has 2 unspecified atom stereocenters. The first-order valence-corrected chi connectivity index (χ1v) is 21.7. The van der Waals surface area contributed by atoms with Crippen molar-refractivity contribution in [3.63, 3.8) is 0 Å². The lowest BCUT2D eigenvalue weighted by atomic mass is 9.76. The second kappa shape index (κ2) is 14.3. The van der Waals surface area contributed by atoms with Crippen LogP contribution >= 0.6 is 31.9 Å². The molecule has 12 heteroatoms. The van der Waals surface area contributed by atoms with Crippen molar-refractivity contribution in [2.24, 2.45) is 4.99 Å². The van der Waals surface area contributed by atoms with Gasteiger partial charge in [0.15, 0.2) is 0 Å². The van der Waals surface area contributed by atoms with Crippen molar-refractivity contribution >= 4 is 77.7 Å². The van der Waals surface area contributed by atoms with E-state index in [1.165, 1.54) is 41.1 Å². The van der Waals surface area contributed by atoms with Crippen LogP contribution in [0.15, 0.2) is 74.6 Å². The molecule has 0 fully saturated rings. The number of anilines is 2. The van der Waals surface area contributed by atoms with Crippen molar-refractivity contribution < 1.29 is 24.2 Å². The first-order valence-electron chi connectivity index (χ1n) is 20.2. The number of hydrogen-bond donors (Lipinski definition) is 1. The SMILES string of the molecule is CCc1cc2c(CC)cc3c(c2cc1O)N=CC1(O3)N(C)c2cc(C)c(C)cc2C1(C)C.COc1cc2c(c([N+](=O)[O-])c1)OC1(C=C2)N(C)c2c(Br)cc(Br)cc2C1(C)C. The second-order valence-corrected chi connectivity index (χ2v) is 19.0. The third-order valence-electron chi connectivity index (χ3n) is 13.5. The van der Waals surface area contributed by atoms with Gasteiger partial charge >= 0.3 is 5.69 Å². The first-order chi connectivity index (χ1) is 28.3. The lowest BCUT2D eigenvalue weighted by molar-refractivity contribution is -0.386. The number of aromatic hydroxyl groups is 1. The zero-order valence-corrected chi connectivity index (χ0v) is 39.0. The van der Waals surface area contributed by atoms with Gasteiger partial charge in [-0.2, -0.15) is 0 Å². The van der Waals surface area contributed by atoms with E-state index in [1.807, 2.05) is 42.4 Å². The molecule has 60 heavy (non-hydrogen) atoms. The van der Waals surface area contributed by atoms with Gasteiger partial charge in [0.05, 0.1) is 40.8 Å². The van der Waals surface area contributed by atoms with E-state index in [4.69, 9.17) is 19.2 Å². The summed E-state index contributed by atoms with van der Waals surface area (Å²) in [6.45, 7) is 17.2. The molecule has 9 rings (SSSR count). The van der Waals surface area contributed by atoms with Gasteiger partial charge in [-0.1, -0.05) is 35.8 Å². The molecule has 0 saturated heterocycles. The van der Waals surface area contributed by atoms with Gasteiger partial charge in [-0.25, -0.2) is 0 Å². The lowest BCUT2D eigenvalue weighted by Crippen LogP contribution is -2.61. The van der Waals surface area contributed by atoms with Crippen molar-refractivity contribution in [2.75, 3.05) is 31.0 Å². The van der Waals surface area contributed by atoms with Crippen LogP contribution in [0.4, 0.5) is 22.7 Å². The number of benzene rings is 5. The Morgan fingerprint density at radius 2 is 1.52 bits per heavy atom. The Morgan fingerprint density at radius 3 is 2.18 bits per heavy atom. The van der Waals surface area contributed by atoms with Crippen LogP contribution in [0.5, 0.6) is 23.0 Å². The monoisotopic (exact) mass is 936 g/mol. The van der Waals surface area contributed by atoms with E-state index < -0.39 is 21.8 Å². The van der Waals surface area contributed by atoms with E-state index in [9.17, 15) is 15.2 Å². The molecule has 1 N–H and O–H groups in total. The maximum absolute atomic E-state index is 11.7. The zero-order valence-electron chi connectivity index (χ0n) is 35.9. The Morgan fingerprint density at radius 1 is 0.833 bits per heavy atom. The lowest BCUT2D eigenvalue weighted by Gasteiger charge is -2.45. The first kappa shape index (κ1) is 41.7. The smallest absolute Gasteiger partial charge is 0.315 e. The van der Waals surface area contributed by atoms with Gasteiger partial charge in [-0.05, 0) is 164 Å². The number of likely N-dealkylation sites (N-methyl/N-ethyl adjacent to an activating group) is 2. The minimum atomic E-state index is -0.912. The number of ether oxygens (including phenoxy) is 3. The fourth-order valence-corrected chi connectivity index (χ4v) is 11.1. The molecule has 4 aliphatic rings. The largest absolute Gasteiger partial charge is 0.508 e. The molecule has 5 aromatic carbocycles. The summed E-state index contributed by atoms with van der Waals surface area (Å²) in [5.74, 6) is 1.77. The van der Waals surface area contributed by atoms with Crippen LogP contribution in [-0.4, -0.2) is 48.9 Å². The van der Waals surface area contributed by atoms with E-state index in [0.29, 0.717) is 17.1 Å². The summed E-state index contributed by atoms with van der Waals surface area (Å²) in [6.07, 6.45) is 7.49. The summed E-state index contributed by atoms with van der Waals surface area (Å²) < 4.78 is 20.5. The van der Waals surface area contributed by atoms with Crippen LogP contribution in [0, 0.1) is 24.0 Å². The highest BCUT2D eigenvalue weighted by molar-refractivity contribution is 9.11. The second-order valence-electron chi connectivity index (χ2n) is 17.2. The number of fused-ring (bicyclic) bond motifs is 6. The molecule has 312 valence electrons. The highest BCUT2D eigenvalue weighted by atomic mass is 79.9. The maximum Gasteiger partial charge on any atom is 0.315 e. The summed E-state index contributed by atoms with van der Waals surface area (Å²) in [7, 11) is 5.53. The Bertz CT molecular complexity index is 2730. The third-order valence-corrected chi connectivity index (χ3v) is 14.5. The standard InChI is InChI=1S/C28H32N2O2.C20H18Br2N2O4/c1-8-18-13-25-26(21-14-24(31)19(9-2)12-20(18)21)29-15-28(32-25)27(5,6)22-10-16(3)17(4)11-23(22)30(28)7;1-19(2)14-8-12(21)9-15(22)17(14)23(3)20(19)6-5-11-7-13(27-4)10-16(24(25)26)18(11)28-20/h10-15,31H,8-9H2,1-7H3;5-10H,1-4H3. The molecule has 2 atom stereocenters. The number of nitro benzene ring substituents is 1. The van der Waals surface area contributed by atoms with Crippen molar-refractivity contribution in [1.82, 2.24) is 0 Å². The number of aryl methyl sites for hydroxylation is 4. The number of nitrogens with zero attached hydrogens (tertiary/aromatic N) is 4. The Balaban J connectivity index is 0.000000168. The van der Waals surface area contributed by atoms with Crippen molar-refractivity contribution in [3.8, 4) is 23.0 Å². The van der Waals surface area contributed by atoms with Gasteiger partial charge in [-0.3, -0.25) is 15.1 Å². The number of halogens is 2. The molecular formula is C48H50Br2N4O6. The fourth-order valence-electron chi connectivity index (χ4n) is 9.65. The van der Waals surface area contributed by atoms with Gasteiger partial charge < -0.3 is 29.1 Å². The molecule has 0 radical (unpaired) electrons. The van der Waals surface area contributed by atoms with E-state index in [2.05, 4.69) is 130 Å². The minimum absolute atomic E-state index is 0.113. The molecule has 2 spiro atoms. The predicted octanol–water partition coefficient (Wildman–Crippen LogP) is 12.2. The number of methoxy groups -OCH3 is 1. The van der Waals surface area contributed by atoms with Crippen LogP contribution in [-0.2, 0) is 23.7 Å². The number of nitro groups is 1. The van der Waals surface area contributed by atoms with E-state index >= 15 is 0 Å². The predicted molar refractivity (Wildman–Crippen MR) is 249 cm³/mol. The number of aliphatic imine (C=N–C) groups is 1. The Labute approximate surface area is 368 Å². The van der Waals surface area contributed by atoms with Crippen molar-refractivity contribution in [3.05, 3.63) is 119 Å². The molecular weight excluding hydrogens is 888 g/mol. The summed E-state index contributed by atoms with van der Waals surface area (Å²) in [6, 6.07) is 17.9. The van der Waals surface area contributed by atoms with Crippen LogP contribution < -0.4 is 24.0 Å². The highest BCUT2D eigenvalue weighted by Crippen LogP contribution is 2.59. The van der Waals surface area contributed by atoms with Gasteiger partial charge in [0.25, 0.3) is 0 Å². The number of phenolic OH excluding ortho intramolecular Hbond substituents is 1. The molecule has 0 aliphatic carbocycles. The molecule has 10 nitrogen and oxygen atoms in total. The molecule has 0 amide bonds. The molecule has 0 bridgehead atoms. The number of hydrogen-bond acceptors (Lipinski definition) is 9. The average molecular weight is 939 g/mol. The Hall–Kier alpha value is -5.07. The third kappa shape index (κ3) is 5.80. The van der Waals surface area contributed by atoms with E-state index in [0.717, 1.165) is 60.8 Å². The maximum atomic E-state index is 11.7. The van der Waals surface area contributed by atoms with Crippen LogP contribution in [0.2, 0.25) is 0 Å². The van der Waals surface area contributed by atoms with Crippen LogP contribution in [0.1, 0.15) is 80.5 Å². The molecule has 0 saturated carbocycles. The molecule has 4 heterocycles. The van der Waals surface area contributed by atoms with E-state index in [-0.39, 0.29) is 16.9 Å². The topological polar surface area (TPSA) is 110 Å². The minimum Gasteiger partial charge on any atom is -0.508 e.